The van der Waals surface area contributed by atoms with E-state index in [4.69, 9.17) is 4.74 Å². The average molecular weight is 369 g/mol. The molecule has 1 aromatic carbocycles. The van der Waals surface area contributed by atoms with Crippen molar-refractivity contribution in [2.45, 2.75) is 36.2 Å². The molecule has 0 aromatic heterocycles. The van der Waals surface area contributed by atoms with Gasteiger partial charge < -0.3 is 14.6 Å². The number of carboxylic acid groups (broad SMARTS) is 1. The van der Waals surface area contributed by atoms with E-state index in [1.54, 1.807) is 0 Å². The van der Waals surface area contributed by atoms with E-state index in [2.05, 4.69) is 4.74 Å². The lowest BCUT2D eigenvalue weighted by atomic mass is 9.89. The number of carboxylic acids is 1. The van der Waals surface area contributed by atoms with Crippen molar-refractivity contribution >= 4 is 22.0 Å². The number of benzene rings is 1. The first-order chi connectivity index (χ1) is 11.8. The van der Waals surface area contributed by atoms with Crippen molar-refractivity contribution in [3.05, 3.63) is 23.8 Å². The van der Waals surface area contributed by atoms with Gasteiger partial charge in [-0.05, 0) is 37.5 Å². The zero-order valence-electron chi connectivity index (χ0n) is 13.8. The standard InChI is InChI=1S/C16H19NO7S/c1-23-13-7-9(16(20)24-2)3-6-14(13)25(21,22)17-10-4-5-12(17)11(8-10)15(18)19/h3,6-7,10-12H,4-5,8H2,1-2H3,(H,18,19). The molecule has 0 amide bonds. The molecule has 2 heterocycles. The number of rotatable bonds is 5. The van der Waals surface area contributed by atoms with Gasteiger partial charge in [-0.25, -0.2) is 13.2 Å². The lowest BCUT2D eigenvalue weighted by Gasteiger charge is -2.23. The van der Waals surface area contributed by atoms with Crippen LogP contribution in [0, 0.1) is 5.92 Å². The topological polar surface area (TPSA) is 110 Å². The fourth-order valence-electron chi connectivity index (χ4n) is 3.82. The smallest absolute Gasteiger partial charge is 0.337 e. The van der Waals surface area contributed by atoms with Crippen molar-refractivity contribution in [2.24, 2.45) is 5.92 Å². The molecule has 0 saturated carbocycles. The monoisotopic (exact) mass is 369 g/mol. The Morgan fingerprint density at radius 1 is 1.24 bits per heavy atom. The van der Waals surface area contributed by atoms with E-state index in [-0.39, 0.29) is 22.3 Å². The molecule has 3 rings (SSSR count). The number of sulfonamides is 1. The molecule has 3 atom stereocenters. The Morgan fingerprint density at radius 2 is 1.96 bits per heavy atom. The summed E-state index contributed by atoms with van der Waals surface area (Å²) >= 11 is 0. The number of methoxy groups -OCH3 is 2. The van der Waals surface area contributed by atoms with Gasteiger partial charge in [0.05, 0.1) is 25.7 Å². The van der Waals surface area contributed by atoms with Crippen LogP contribution in [0.5, 0.6) is 5.75 Å². The number of carbonyl (C=O) groups excluding carboxylic acids is 1. The Bertz CT molecular complexity index is 820. The molecule has 3 unspecified atom stereocenters. The number of ether oxygens (including phenoxy) is 2. The zero-order chi connectivity index (χ0) is 18.4. The van der Waals surface area contributed by atoms with Crippen LogP contribution in [0.15, 0.2) is 23.1 Å². The first-order valence-electron chi connectivity index (χ1n) is 7.84. The highest BCUT2D eigenvalue weighted by molar-refractivity contribution is 7.89. The zero-order valence-corrected chi connectivity index (χ0v) is 14.7. The van der Waals surface area contributed by atoms with Crippen LogP contribution in [0.1, 0.15) is 29.6 Å². The summed E-state index contributed by atoms with van der Waals surface area (Å²) in [6.45, 7) is 0. The van der Waals surface area contributed by atoms with Crippen molar-refractivity contribution < 1.29 is 32.6 Å². The maximum atomic E-state index is 13.1. The van der Waals surface area contributed by atoms with Gasteiger partial charge in [0.25, 0.3) is 0 Å². The lowest BCUT2D eigenvalue weighted by Crippen LogP contribution is -2.38. The Kier molecular flexibility index (Phi) is 4.46. The normalized spacial score (nSPS) is 25.8. The molecule has 2 aliphatic rings. The maximum absolute atomic E-state index is 13.1. The predicted octanol–water partition coefficient (Wildman–Crippen LogP) is 1.11. The van der Waals surface area contributed by atoms with Gasteiger partial charge in [-0.15, -0.1) is 0 Å². The minimum atomic E-state index is -3.94. The first-order valence-corrected chi connectivity index (χ1v) is 9.28. The fourth-order valence-corrected chi connectivity index (χ4v) is 5.87. The van der Waals surface area contributed by atoms with E-state index >= 15 is 0 Å². The van der Waals surface area contributed by atoms with E-state index in [1.165, 1.54) is 36.7 Å². The van der Waals surface area contributed by atoms with Gasteiger partial charge in [-0.2, -0.15) is 4.31 Å². The van der Waals surface area contributed by atoms with Gasteiger partial charge >= 0.3 is 11.9 Å². The van der Waals surface area contributed by atoms with Crippen molar-refractivity contribution in [2.75, 3.05) is 14.2 Å². The number of fused-ring (bicyclic) bond motifs is 2. The molecule has 136 valence electrons. The third kappa shape index (κ3) is 2.77. The van der Waals surface area contributed by atoms with Gasteiger partial charge in [0.1, 0.15) is 10.6 Å². The second kappa shape index (κ2) is 6.30. The molecule has 2 bridgehead atoms. The summed E-state index contributed by atoms with van der Waals surface area (Å²) in [5.74, 6) is -2.23. The summed E-state index contributed by atoms with van der Waals surface area (Å²) in [6, 6.07) is 3.10. The van der Waals surface area contributed by atoms with E-state index in [9.17, 15) is 23.1 Å². The predicted molar refractivity (Wildman–Crippen MR) is 85.9 cm³/mol. The third-order valence-corrected chi connectivity index (χ3v) is 6.95. The molecule has 2 fully saturated rings. The van der Waals surface area contributed by atoms with Crippen LogP contribution in [0.3, 0.4) is 0 Å². The number of esters is 1. The number of aliphatic carboxylic acids is 1. The van der Waals surface area contributed by atoms with Crippen molar-refractivity contribution in [3.8, 4) is 5.75 Å². The summed E-state index contributed by atoms with van der Waals surface area (Å²) in [5, 5.41) is 9.32. The molecular weight excluding hydrogens is 350 g/mol. The van der Waals surface area contributed by atoms with E-state index in [1.807, 2.05) is 0 Å². The molecule has 1 aromatic rings. The highest BCUT2D eigenvalue weighted by Gasteiger charge is 2.54. The fraction of sp³-hybridized carbons (Fsp3) is 0.500. The molecule has 0 radical (unpaired) electrons. The molecule has 8 nitrogen and oxygen atoms in total. The van der Waals surface area contributed by atoms with E-state index in [0.717, 1.165) is 0 Å². The Hall–Kier alpha value is -2.13. The summed E-state index contributed by atoms with van der Waals surface area (Å²) < 4.78 is 37.4. The van der Waals surface area contributed by atoms with Gasteiger partial charge in [0.2, 0.25) is 10.0 Å². The van der Waals surface area contributed by atoms with Crippen LogP contribution in [0.2, 0.25) is 0 Å². The molecule has 2 saturated heterocycles. The molecular formula is C16H19NO7S. The Morgan fingerprint density at radius 3 is 2.52 bits per heavy atom. The molecule has 2 aliphatic heterocycles. The highest BCUT2D eigenvalue weighted by Crippen LogP contribution is 2.46. The van der Waals surface area contributed by atoms with Crippen LogP contribution >= 0.6 is 0 Å². The summed E-state index contributed by atoms with van der Waals surface area (Å²) in [4.78, 5) is 22.9. The summed E-state index contributed by atoms with van der Waals surface area (Å²) in [5.41, 5.74) is 0.172. The number of hydrogen-bond acceptors (Lipinski definition) is 6. The average Bonchev–Trinajstić information content (AvgIpc) is 3.19. The van der Waals surface area contributed by atoms with Crippen LogP contribution in [-0.2, 0) is 19.6 Å². The van der Waals surface area contributed by atoms with Crippen LogP contribution in [-0.4, -0.2) is 56.1 Å². The number of nitrogens with zero attached hydrogens (tertiary/aromatic N) is 1. The lowest BCUT2D eigenvalue weighted by molar-refractivity contribution is -0.142. The van der Waals surface area contributed by atoms with Gasteiger partial charge in [0, 0.05) is 12.1 Å². The second-order valence-corrected chi connectivity index (χ2v) is 7.98. The van der Waals surface area contributed by atoms with Gasteiger partial charge in [0.15, 0.2) is 0 Å². The van der Waals surface area contributed by atoms with Crippen LogP contribution in [0.4, 0.5) is 0 Å². The van der Waals surface area contributed by atoms with E-state index in [0.29, 0.717) is 19.3 Å². The molecule has 9 heteroatoms. The third-order valence-electron chi connectivity index (χ3n) is 4.93. The minimum Gasteiger partial charge on any atom is -0.495 e. The summed E-state index contributed by atoms with van der Waals surface area (Å²) in [7, 11) is -1.40. The van der Waals surface area contributed by atoms with Crippen molar-refractivity contribution in [1.82, 2.24) is 4.31 Å². The maximum Gasteiger partial charge on any atom is 0.337 e. The number of hydrogen-bond donors (Lipinski definition) is 1. The van der Waals surface area contributed by atoms with Crippen LogP contribution in [0.25, 0.3) is 0 Å². The van der Waals surface area contributed by atoms with Gasteiger partial charge in [-0.3, -0.25) is 4.79 Å². The molecule has 1 N–H and O–H groups in total. The Labute approximate surface area is 145 Å². The van der Waals surface area contributed by atoms with Crippen LogP contribution < -0.4 is 4.74 Å². The highest BCUT2D eigenvalue weighted by atomic mass is 32.2. The SMILES string of the molecule is COC(=O)c1ccc(S(=O)(=O)N2C3CCC2C(C(=O)O)C3)c(OC)c1. The van der Waals surface area contributed by atoms with Gasteiger partial charge in [-0.1, -0.05) is 0 Å². The van der Waals surface area contributed by atoms with Crippen molar-refractivity contribution in [3.63, 3.8) is 0 Å². The molecule has 0 aliphatic carbocycles. The minimum absolute atomic E-state index is 0.0288. The largest absolute Gasteiger partial charge is 0.495 e. The number of carbonyl (C=O) groups is 2. The van der Waals surface area contributed by atoms with E-state index < -0.39 is 33.9 Å². The Balaban J connectivity index is 2.01. The first kappa shape index (κ1) is 17.7. The molecule has 25 heavy (non-hydrogen) atoms. The quantitative estimate of drug-likeness (QED) is 0.774. The summed E-state index contributed by atoms with van der Waals surface area (Å²) in [6.07, 6.45) is 1.50. The molecule has 0 spiro atoms. The second-order valence-electron chi connectivity index (χ2n) is 6.17. The van der Waals surface area contributed by atoms with Crippen molar-refractivity contribution in [1.29, 1.82) is 0 Å².